The molecule has 1 aliphatic rings. The normalized spacial score (nSPS) is 21.5. The molecule has 1 aliphatic carbocycles. The van der Waals surface area contributed by atoms with Gasteiger partial charge in [-0.25, -0.2) is 4.99 Å². The van der Waals surface area contributed by atoms with Gasteiger partial charge in [0.1, 0.15) is 5.75 Å². The molecule has 29 heavy (non-hydrogen) atoms. The molecule has 0 heterocycles. The number of nitrogens with one attached hydrogen (secondary N) is 2. The van der Waals surface area contributed by atoms with Gasteiger partial charge in [-0.3, -0.25) is 4.21 Å². The maximum Gasteiger partial charge on any atom is 0.422 e. The first-order valence-corrected chi connectivity index (χ1v) is 11.4. The van der Waals surface area contributed by atoms with Gasteiger partial charge in [0, 0.05) is 34.4 Å². The van der Waals surface area contributed by atoms with Crippen LogP contribution in [0.15, 0.2) is 29.3 Å². The molecule has 0 aliphatic heterocycles. The van der Waals surface area contributed by atoms with E-state index in [1.54, 1.807) is 18.2 Å². The molecular formula is C20H30F3N3O2S. The van der Waals surface area contributed by atoms with E-state index in [2.05, 4.69) is 15.6 Å². The summed E-state index contributed by atoms with van der Waals surface area (Å²) in [5, 5.41) is 6.84. The largest absolute Gasteiger partial charge is 0.484 e. The molecule has 0 amide bonds. The number of hydrogen-bond acceptors (Lipinski definition) is 3. The third-order valence-electron chi connectivity index (χ3n) is 4.69. The van der Waals surface area contributed by atoms with Gasteiger partial charge in [-0.1, -0.05) is 25.5 Å². The predicted molar refractivity (Wildman–Crippen MR) is 111 cm³/mol. The molecule has 2 rings (SSSR count). The first kappa shape index (κ1) is 23.5. The number of benzene rings is 1. The highest BCUT2D eigenvalue weighted by molar-refractivity contribution is 7.85. The standard InChI is InChI=1S/C20H30F3N3O2S/c1-3-24-19(26-16-8-6-10-18(12-16)29(27)4-2)25-13-15-7-5-9-17(11-15)28-14-20(21,22)23/h5,7,9,11,16,18H,3-4,6,8,10,12-14H2,1-2H3,(H2,24,25,26). The summed E-state index contributed by atoms with van der Waals surface area (Å²) in [5.74, 6) is 1.50. The molecule has 1 aromatic carbocycles. The Balaban J connectivity index is 1.97. The summed E-state index contributed by atoms with van der Waals surface area (Å²) in [4.78, 5) is 4.56. The Kier molecular flexibility index (Phi) is 9.26. The van der Waals surface area contributed by atoms with E-state index in [0.717, 1.165) is 31.2 Å². The highest BCUT2D eigenvalue weighted by atomic mass is 32.2. The molecule has 164 valence electrons. The van der Waals surface area contributed by atoms with E-state index >= 15 is 0 Å². The van der Waals surface area contributed by atoms with Gasteiger partial charge < -0.3 is 15.4 Å². The van der Waals surface area contributed by atoms with Crippen molar-refractivity contribution in [3.8, 4) is 5.75 Å². The van der Waals surface area contributed by atoms with E-state index in [1.165, 1.54) is 6.07 Å². The molecule has 9 heteroatoms. The number of nitrogens with zero attached hydrogens (tertiary/aromatic N) is 1. The molecule has 0 bridgehead atoms. The summed E-state index contributed by atoms with van der Waals surface area (Å²) < 4.78 is 53.9. The minimum atomic E-state index is -4.37. The summed E-state index contributed by atoms with van der Waals surface area (Å²) in [6.07, 6.45) is -0.479. The van der Waals surface area contributed by atoms with Gasteiger partial charge in [-0.05, 0) is 43.9 Å². The van der Waals surface area contributed by atoms with E-state index in [1.807, 2.05) is 13.8 Å². The molecule has 3 unspecified atom stereocenters. The Bertz CT molecular complexity index is 698. The first-order valence-electron chi connectivity index (χ1n) is 10.0. The highest BCUT2D eigenvalue weighted by Gasteiger charge is 2.28. The minimum absolute atomic E-state index is 0.171. The number of alkyl halides is 3. The summed E-state index contributed by atoms with van der Waals surface area (Å²) in [7, 11) is -0.792. The van der Waals surface area contributed by atoms with E-state index in [9.17, 15) is 17.4 Å². The Labute approximate surface area is 173 Å². The van der Waals surface area contributed by atoms with E-state index in [4.69, 9.17) is 4.74 Å². The SMILES string of the molecule is CCNC(=NCc1cccc(OCC(F)(F)F)c1)NC1CCCC(S(=O)CC)C1. The molecule has 3 atom stereocenters. The lowest BCUT2D eigenvalue weighted by Gasteiger charge is -2.30. The van der Waals surface area contributed by atoms with Gasteiger partial charge >= 0.3 is 6.18 Å². The highest BCUT2D eigenvalue weighted by Crippen LogP contribution is 2.23. The quantitative estimate of drug-likeness (QED) is 0.484. The molecule has 0 radical (unpaired) electrons. The second kappa shape index (κ2) is 11.4. The summed E-state index contributed by atoms with van der Waals surface area (Å²) >= 11 is 0. The average molecular weight is 434 g/mol. The second-order valence-corrected chi connectivity index (χ2v) is 9.05. The Morgan fingerprint density at radius 1 is 1.31 bits per heavy atom. The zero-order valence-electron chi connectivity index (χ0n) is 16.9. The topological polar surface area (TPSA) is 62.7 Å². The van der Waals surface area contributed by atoms with Crippen molar-refractivity contribution in [3.05, 3.63) is 29.8 Å². The maximum absolute atomic E-state index is 12.3. The fourth-order valence-corrected chi connectivity index (χ4v) is 4.68. The maximum atomic E-state index is 12.3. The van der Waals surface area contributed by atoms with Crippen LogP contribution in [0.4, 0.5) is 13.2 Å². The lowest BCUT2D eigenvalue weighted by Crippen LogP contribution is -2.46. The van der Waals surface area contributed by atoms with Crippen molar-refractivity contribution in [3.63, 3.8) is 0 Å². The van der Waals surface area contributed by atoms with Crippen LogP contribution >= 0.6 is 0 Å². The molecule has 1 saturated carbocycles. The predicted octanol–water partition coefficient (Wildman–Crippen LogP) is 3.76. The summed E-state index contributed by atoms with van der Waals surface area (Å²) in [6, 6.07) is 6.73. The van der Waals surface area contributed by atoms with Crippen molar-refractivity contribution < 1.29 is 22.1 Å². The number of halogens is 3. The number of aliphatic imine (C=N–C) groups is 1. The van der Waals surface area contributed by atoms with Gasteiger partial charge in [0.15, 0.2) is 12.6 Å². The van der Waals surface area contributed by atoms with Crippen LogP contribution in [0.25, 0.3) is 0 Å². The zero-order chi connectivity index (χ0) is 21.3. The van der Waals surface area contributed by atoms with Crippen molar-refractivity contribution in [2.24, 2.45) is 4.99 Å². The molecule has 2 N–H and O–H groups in total. The van der Waals surface area contributed by atoms with E-state index in [-0.39, 0.29) is 17.0 Å². The van der Waals surface area contributed by atoms with Crippen LogP contribution in [0.1, 0.15) is 45.1 Å². The van der Waals surface area contributed by atoms with Crippen molar-refractivity contribution >= 4 is 16.8 Å². The second-order valence-electron chi connectivity index (χ2n) is 7.05. The van der Waals surface area contributed by atoms with E-state index in [0.29, 0.717) is 24.8 Å². The molecule has 0 aromatic heterocycles. The van der Waals surface area contributed by atoms with Crippen molar-refractivity contribution in [2.75, 3.05) is 18.9 Å². The summed E-state index contributed by atoms with van der Waals surface area (Å²) in [5.41, 5.74) is 0.760. The Morgan fingerprint density at radius 2 is 2.10 bits per heavy atom. The zero-order valence-corrected chi connectivity index (χ0v) is 17.7. The van der Waals surface area contributed by atoms with Crippen LogP contribution in [-0.4, -0.2) is 46.5 Å². The molecule has 0 saturated heterocycles. The van der Waals surface area contributed by atoms with Gasteiger partial charge in [0.05, 0.1) is 6.54 Å². The lowest BCUT2D eigenvalue weighted by atomic mass is 9.95. The molecular weight excluding hydrogens is 403 g/mol. The van der Waals surface area contributed by atoms with Gasteiger partial charge in [-0.2, -0.15) is 13.2 Å². The van der Waals surface area contributed by atoms with Crippen LogP contribution in [0.5, 0.6) is 5.75 Å². The third-order valence-corrected chi connectivity index (χ3v) is 6.43. The van der Waals surface area contributed by atoms with Crippen molar-refractivity contribution in [2.45, 2.75) is 63.5 Å². The molecule has 5 nitrogen and oxygen atoms in total. The van der Waals surface area contributed by atoms with Crippen LogP contribution < -0.4 is 15.4 Å². The smallest absolute Gasteiger partial charge is 0.422 e. The average Bonchev–Trinajstić information content (AvgIpc) is 2.70. The fraction of sp³-hybridized carbons (Fsp3) is 0.650. The Hall–Kier alpha value is -1.77. The van der Waals surface area contributed by atoms with Gasteiger partial charge in [0.25, 0.3) is 0 Å². The molecule has 1 fully saturated rings. The lowest BCUT2D eigenvalue weighted by molar-refractivity contribution is -0.153. The first-order chi connectivity index (χ1) is 13.8. The number of hydrogen-bond donors (Lipinski definition) is 2. The summed E-state index contributed by atoms with van der Waals surface area (Å²) in [6.45, 7) is 3.61. The van der Waals surface area contributed by atoms with Crippen LogP contribution in [0.2, 0.25) is 0 Å². The minimum Gasteiger partial charge on any atom is -0.484 e. The van der Waals surface area contributed by atoms with Gasteiger partial charge in [0.2, 0.25) is 0 Å². The number of guanidine groups is 1. The van der Waals surface area contributed by atoms with Crippen molar-refractivity contribution in [1.29, 1.82) is 0 Å². The third kappa shape index (κ3) is 8.64. The fourth-order valence-electron chi connectivity index (χ4n) is 3.33. The van der Waals surface area contributed by atoms with Crippen molar-refractivity contribution in [1.82, 2.24) is 10.6 Å². The number of rotatable bonds is 8. The van der Waals surface area contributed by atoms with Crippen LogP contribution in [0.3, 0.4) is 0 Å². The monoisotopic (exact) mass is 433 g/mol. The molecule has 1 aromatic rings. The van der Waals surface area contributed by atoms with Gasteiger partial charge in [-0.15, -0.1) is 0 Å². The van der Waals surface area contributed by atoms with E-state index < -0.39 is 23.6 Å². The van der Waals surface area contributed by atoms with Crippen LogP contribution in [-0.2, 0) is 17.3 Å². The Morgan fingerprint density at radius 3 is 2.79 bits per heavy atom. The number of ether oxygens (including phenoxy) is 1. The molecule has 0 spiro atoms. The van der Waals surface area contributed by atoms with Crippen LogP contribution in [0, 0.1) is 0 Å².